The topological polar surface area (TPSA) is 64.7 Å². The van der Waals surface area contributed by atoms with Crippen molar-refractivity contribution in [3.05, 3.63) is 24.3 Å². The molecule has 1 aromatic rings. The lowest BCUT2D eigenvalue weighted by molar-refractivity contribution is 0.0898. The van der Waals surface area contributed by atoms with Gasteiger partial charge in [-0.25, -0.2) is 0 Å². The van der Waals surface area contributed by atoms with Crippen LogP contribution in [0.4, 0.5) is 0 Å². The summed E-state index contributed by atoms with van der Waals surface area (Å²) in [4.78, 5) is 0. The Balaban J connectivity index is 2.78. The standard InChI is InChI=1S/C13H21NO3/c1-3-10(14)13(9-15)17-12-8-6-5-7-11(12)16-4-2/h5-8,10,13,15H,3-4,9,14H2,1-2H3. The number of ether oxygens (including phenoxy) is 2. The Labute approximate surface area is 102 Å². The van der Waals surface area contributed by atoms with Crippen molar-refractivity contribution in [3.63, 3.8) is 0 Å². The molecule has 0 bridgehead atoms. The normalized spacial score (nSPS) is 14.1. The molecular weight excluding hydrogens is 218 g/mol. The minimum Gasteiger partial charge on any atom is -0.490 e. The predicted octanol–water partition coefficient (Wildman–Crippen LogP) is 1.56. The van der Waals surface area contributed by atoms with Crippen LogP contribution in [0.2, 0.25) is 0 Å². The van der Waals surface area contributed by atoms with Crippen molar-refractivity contribution in [2.45, 2.75) is 32.4 Å². The van der Waals surface area contributed by atoms with Gasteiger partial charge in [-0.2, -0.15) is 0 Å². The fraction of sp³-hybridized carbons (Fsp3) is 0.538. The Morgan fingerprint density at radius 1 is 1.24 bits per heavy atom. The van der Waals surface area contributed by atoms with E-state index in [0.717, 1.165) is 6.42 Å². The van der Waals surface area contributed by atoms with Gasteiger partial charge in [0.25, 0.3) is 0 Å². The Morgan fingerprint density at radius 2 is 1.88 bits per heavy atom. The summed E-state index contributed by atoms with van der Waals surface area (Å²) in [6, 6.07) is 7.21. The van der Waals surface area contributed by atoms with Gasteiger partial charge < -0.3 is 20.3 Å². The van der Waals surface area contributed by atoms with E-state index in [0.29, 0.717) is 18.1 Å². The summed E-state index contributed by atoms with van der Waals surface area (Å²) in [7, 11) is 0. The van der Waals surface area contributed by atoms with Crippen molar-refractivity contribution in [2.24, 2.45) is 5.73 Å². The highest BCUT2D eigenvalue weighted by Gasteiger charge is 2.18. The Hall–Kier alpha value is -1.26. The second-order valence-electron chi connectivity index (χ2n) is 3.79. The average molecular weight is 239 g/mol. The molecule has 0 saturated carbocycles. The van der Waals surface area contributed by atoms with E-state index in [1.165, 1.54) is 0 Å². The fourth-order valence-corrected chi connectivity index (χ4v) is 1.51. The maximum atomic E-state index is 9.26. The van der Waals surface area contributed by atoms with E-state index in [1.54, 1.807) is 0 Å². The van der Waals surface area contributed by atoms with Crippen molar-refractivity contribution in [3.8, 4) is 11.5 Å². The molecule has 96 valence electrons. The van der Waals surface area contributed by atoms with Crippen LogP contribution in [0.3, 0.4) is 0 Å². The van der Waals surface area contributed by atoms with Gasteiger partial charge in [0.05, 0.1) is 13.2 Å². The van der Waals surface area contributed by atoms with E-state index in [4.69, 9.17) is 15.2 Å². The smallest absolute Gasteiger partial charge is 0.161 e. The molecular formula is C13H21NO3. The molecule has 0 amide bonds. The van der Waals surface area contributed by atoms with Crippen LogP contribution in [-0.4, -0.2) is 30.5 Å². The average Bonchev–Trinajstić information content (AvgIpc) is 2.37. The van der Waals surface area contributed by atoms with Crippen molar-refractivity contribution in [1.82, 2.24) is 0 Å². The molecule has 0 heterocycles. The second-order valence-corrected chi connectivity index (χ2v) is 3.79. The van der Waals surface area contributed by atoms with Crippen LogP contribution in [0.1, 0.15) is 20.3 Å². The molecule has 0 spiro atoms. The third-order valence-electron chi connectivity index (χ3n) is 2.56. The van der Waals surface area contributed by atoms with E-state index >= 15 is 0 Å². The highest BCUT2D eigenvalue weighted by molar-refractivity contribution is 5.39. The first-order chi connectivity index (χ1) is 8.22. The van der Waals surface area contributed by atoms with Crippen molar-refractivity contribution in [2.75, 3.05) is 13.2 Å². The van der Waals surface area contributed by atoms with E-state index in [1.807, 2.05) is 38.1 Å². The third kappa shape index (κ3) is 3.91. The summed E-state index contributed by atoms with van der Waals surface area (Å²) >= 11 is 0. The van der Waals surface area contributed by atoms with Crippen LogP contribution in [0, 0.1) is 0 Å². The first-order valence-corrected chi connectivity index (χ1v) is 5.97. The molecule has 0 aliphatic carbocycles. The molecule has 1 aromatic carbocycles. The van der Waals surface area contributed by atoms with Gasteiger partial charge in [0.1, 0.15) is 6.10 Å². The molecule has 17 heavy (non-hydrogen) atoms. The Kier molecular flexibility index (Phi) is 5.80. The minimum atomic E-state index is -0.401. The molecule has 0 saturated heterocycles. The van der Waals surface area contributed by atoms with E-state index in [2.05, 4.69) is 0 Å². The lowest BCUT2D eigenvalue weighted by Gasteiger charge is -2.23. The van der Waals surface area contributed by atoms with E-state index < -0.39 is 6.10 Å². The molecule has 2 atom stereocenters. The van der Waals surface area contributed by atoms with E-state index in [9.17, 15) is 5.11 Å². The lowest BCUT2D eigenvalue weighted by Crippen LogP contribution is -2.41. The summed E-state index contributed by atoms with van der Waals surface area (Å²) in [5.74, 6) is 1.30. The van der Waals surface area contributed by atoms with Crippen LogP contribution >= 0.6 is 0 Å². The Morgan fingerprint density at radius 3 is 2.41 bits per heavy atom. The number of hydrogen-bond acceptors (Lipinski definition) is 4. The highest BCUT2D eigenvalue weighted by atomic mass is 16.5. The third-order valence-corrected chi connectivity index (χ3v) is 2.56. The first-order valence-electron chi connectivity index (χ1n) is 5.97. The molecule has 2 unspecified atom stereocenters. The minimum absolute atomic E-state index is 0.102. The first kappa shape index (κ1) is 13.8. The molecule has 0 aliphatic rings. The number of para-hydroxylation sites is 2. The largest absolute Gasteiger partial charge is 0.490 e. The molecule has 0 aromatic heterocycles. The number of benzene rings is 1. The Bertz CT molecular complexity index is 330. The zero-order valence-electron chi connectivity index (χ0n) is 10.4. The fourth-order valence-electron chi connectivity index (χ4n) is 1.51. The summed E-state index contributed by atoms with van der Waals surface area (Å²) < 4.78 is 11.1. The number of aliphatic hydroxyl groups excluding tert-OH is 1. The molecule has 3 N–H and O–H groups in total. The summed E-state index contributed by atoms with van der Waals surface area (Å²) in [6.45, 7) is 4.35. The van der Waals surface area contributed by atoms with Crippen LogP contribution in [0.5, 0.6) is 11.5 Å². The van der Waals surface area contributed by atoms with Crippen LogP contribution in [0.15, 0.2) is 24.3 Å². The van der Waals surface area contributed by atoms with Crippen LogP contribution in [-0.2, 0) is 0 Å². The van der Waals surface area contributed by atoms with Gasteiger partial charge in [0, 0.05) is 6.04 Å². The number of hydrogen-bond donors (Lipinski definition) is 2. The quantitative estimate of drug-likeness (QED) is 0.758. The maximum Gasteiger partial charge on any atom is 0.161 e. The van der Waals surface area contributed by atoms with Crippen molar-refractivity contribution < 1.29 is 14.6 Å². The predicted molar refractivity (Wildman–Crippen MR) is 67.4 cm³/mol. The highest BCUT2D eigenvalue weighted by Crippen LogP contribution is 2.27. The molecule has 0 fully saturated rings. The van der Waals surface area contributed by atoms with Gasteiger partial charge in [0.15, 0.2) is 11.5 Å². The number of rotatable bonds is 7. The number of nitrogens with two attached hydrogens (primary N) is 1. The SMILES string of the molecule is CCOc1ccccc1OC(CO)C(N)CC. The van der Waals surface area contributed by atoms with Crippen LogP contribution < -0.4 is 15.2 Å². The van der Waals surface area contributed by atoms with Gasteiger partial charge >= 0.3 is 0 Å². The molecule has 1 rings (SSSR count). The van der Waals surface area contributed by atoms with Gasteiger partial charge in [-0.15, -0.1) is 0 Å². The van der Waals surface area contributed by atoms with E-state index in [-0.39, 0.29) is 12.6 Å². The lowest BCUT2D eigenvalue weighted by atomic mass is 10.1. The van der Waals surface area contributed by atoms with Gasteiger partial charge in [-0.3, -0.25) is 0 Å². The van der Waals surface area contributed by atoms with Gasteiger partial charge in [0.2, 0.25) is 0 Å². The second kappa shape index (κ2) is 7.14. The molecule has 0 aliphatic heterocycles. The molecule has 4 nitrogen and oxygen atoms in total. The van der Waals surface area contributed by atoms with Gasteiger partial charge in [-0.1, -0.05) is 19.1 Å². The van der Waals surface area contributed by atoms with Gasteiger partial charge in [-0.05, 0) is 25.5 Å². The summed E-state index contributed by atoms with van der Waals surface area (Å²) in [5.41, 5.74) is 5.87. The molecule has 4 heteroatoms. The van der Waals surface area contributed by atoms with Crippen LogP contribution in [0.25, 0.3) is 0 Å². The van der Waals surface area contributed by atoms with Crippen molar-refractivity contribution in [1.29, 1.82) is 0 Å². The summed E-state index contributed by atoms with van der Waals surface area (Å²) in [5, 5.41) is 9.26. The monoisotopic (exact) mass is 239 g/mol. The number of aliphatic hydroxyl groups is 1. The molecule has 0 radical (unpaired) electrons. The maximum absolute atomic E-state index is 9.26. The van der Waals surface area contributed by atoms with Crippen molar-refractivity contribution >= 4 is 0 Å². The zero-order valence-corrected chi connectivity index (χ0v) is 10.4. The zero-order chi connectivity index (χ0) is 12.7. The summed E-state index contributed by atoms with van der Waals surface area (Å²) in [6.07, 6.45) is 0.351.